The maximum Gasteiger partial charge on any atom is 0.269 e. The second-order valence-electron chi connectivity index (χ2n) is 8.70. The van der Waals surface area contributed by atoms with Gasteiger partial charge in [-0.05, 0) is 29.3 Å². The zero-order valence-electron chi connectivity index (χ0n) is 18.4. The van der Waals surface area contributed by atoms with Crippen LogP contribution in [0.3, 0.4) is 0 Å². The molecule has 168 valence electrons. The largest absolute Gasteiger partial charge is 0.508 e. The Kier molecular flexibility index (Phi) is 4.67. The number of nitrogens with zero attached hydrogens (tertiary/aromatic N) is 1. The minimum atomic E-state index is -2.05. The summed E-state index contributed by atoms with van der Waals surface area (Å²) in [4.78, 5) is 15.9. The number of fused-ring (bicyclic) bond motifs is 2. The van der Waals surface area contributed by atoms with Crippen LogP contribution in [-0.2, 0) is 16.8 Å². The number of hydrogen-bond acceptors (Lipinski definition) is 4. The Morgan fingerprint density at radius 3 is 2.12 bits per heavy atom. The fourth-order valence-electron chi connectivity index (χ4n) is 5.17. The Balaban J connectivity index is 1.58. The van der Waals surface area contributed by atoms with E-state index in [1.54, 1.807) is 29.2 Å². The van der Waals surface area contributed by atoms with Crippen molar-refractivity contribution in [3.63, 3.8) is 0 Å². The molecule has 0 radical (unpaired) electrons. The highest BCUT2D eigenvalue weighted by molar-refractivity contribution is 6.10. The van der Waals surface area contributed by atoms with Crippen LogP contribution in [0.15, 0.2) is 97.1 Å². The lowest BCUT2D eigenvalue weighted by Crippen LogP contribution is -2.43. The summed E-state index contributed by atoms with van der Waals surface area (Å²) in [5, 5.41) is 23.0. The van der Waals surface area contributed by atoms with E-state index >= 15 is 0 Å². The monoisotopic (exact) mass is 449 g/mol. The Bertz CT molecular complexity index is 1350. The number of aliphatic hydroxyl groups is 1. The minimum Gasteiger partial charge on any atom is -0.508 e. The molecular weight excluding hydrogens is 426 g/mol. The summed E-state index contributed by atoms with van der Waals surface area (Å²) >= 11 is 0. The molecule has 0 saturated carbocycles. The molecule has 0 saturated heterocycles. The summed E-state index contributed by atoms with van der Waals surface area (Å²) in [5.74, 6) is -0.0417. The zero-order valence-corrected chi connectivity index (χ0v) is 18.4. The van der Waals surface area contributed by atoms with Crippen LogP contribution in [0.5, 0.6) is 11.5 Å². The first-order valence-electron chi connectivity index (χ1n) is 11.3. The van der Waals surface area contributed by atoms with Crippen molar-refractivity contribution in [3.05, 3.63) is 125 Å². The van der Waals surface area contributed by atoms with Crippen LogP contribution in [0.1, 0.15) is 33.9 Å². The molecular formula is C29H23NO4. The van der Waals surface area contributed by atoms with E-state index in [4.69, 9.17) is 4.74 Å². The number of carbonyl (C=O) groups is 1. The van der Waals surface area contributed by atoms with E-state index in [2.05, 4.69) is 0 Å². The molecule has 34 heavy (non-hydrogen) atoms. The standard InChI is InChI=1S/C29H23NO4/c31-25-17-21-15-16-34-26(21)18-23(25)29(33)22-13-7-8-14-24(22)30(28(29)32)27(19-9-3-1-4-10-19)20-11-5-2-6-12-20/h1-14,17-18,27,31,33H,15-16H2. The predicted molar refractivity (Wildman–Crippen MR) is 129 cm³/mol. The Labute approximate surface area is 197 Å². The summed E-state index contributed by atoms with van der Waals surface area (Å²) in [6.07, 6.45) is 0.683. The highest BCUT2D eigenvalue weighted by atomic mass is 16.5. The first-order valence-corrected chi connectivity index (χ1v) is 11.3. The van der Waals surface area contributed by atoms with E-state index < -0.39 is 17.6 Å². The summed E-state index contributed by atoms with van der Waals surface area (Å²) in [6.45, 7) is 0.511. The van der Waals surface area contributed by atoms with Crippen molar-refractivity contribution in [1.29, 1.82) is 0 Å². The van der Waals surface area contributed by atoms with Gasteiger partial charge in [-0.2, -0.15) is 0 Å². The summed E-state index contributed by atoms with van der Waals surface area (Å²) in [6, 6.07) is 29.5. The van der Waals surface area contributed by atoms with Gasteiger partial charge in [0.2, 0.25) is 5.60 Å². The fraction of sp³-hybridized carbons (Fsp3) is 0.138. The molecule has 4 aromatic carbocycles. The number of ether oxygens (including phenoxy) is 1. The number of rotatable bonds is 4. The van der Waals surface area contributed by atoms with E-state index in [9.17, 15) is 15.0 Å². The molecule has 2 N–H and O–H groups in total. The SMILES string of the molecule is O=C1N(C(c2ccccc2)c2ccccc2)c2ccccc2C1(O)c1cc2c(cc1O)CCO2. The quantitative estimate of drug-likeness (QED) is 0.474. The van der Waals surface area contributed by atoms with Gasteiger partial charge in [0.25, 0.3) is 5.91 Å². The smallest absolute Gasteiger partial charge is 0.269 e. The Hall–Kier alpha value is -4.09. The number of benzene rings is 4. The van der Waals surface area contributed by atoms with Crippen LogP contribution in [0.2, 0.25) is 0 Å². The maximum atomic E-state index is 14.2. The van der Waals surface area contributed by atoms with Gasteiger partial charge in [-0.25, -0.2) is 0 Å². The van der Waals surface area contributed by atoms with E-state index in [-0.39, 0.29) is 11.3 Å². The van der Waals surface area contributed by atoms with Crippen LogP contribution in [0.25, 0.3) is 0 Å². The summed E-state index contributed by atoms with van der Waals surface area (Å²) < 4.78 is 5.69. The van der Waals surface area contributed by atoms with Gasteiger partial charge in [0, 0.05) is 23.1 Å². The Morgan fingerprint density at radius 2 is 1.44 bits per heavy atom. The molecule has 1 atom stereocenters. The molecule has 1 unspecified atom stereocenters. The fourth-order valence-corrected chi connectivity index (χ4v) is 5.17. The molecule has 0 spiro atoms. The van der Waals surface area contributed by atoms with Gasteiger partial charge < -0.3 is 14.9 Å². The van der Waals surface area contributed by atoms with Crippen LogP contribution in [0, 0.1) is 0 Å². The van der Waals surface area contributed by atoms with Crippen molar-refractivity contribution in [2.45, 2.75) is 18.1 Å². The molecule has 2 aliphatic heterocycles. The predicted octanol–water partition coefficient (Wildman–Crippen LogP) is 4.70. The number of amides is 1. The van der Waals surface area contributed by atoms with Crippen molar-refractivity contribution >= 4 is 11.6 Å². The third kappa shape index (κ3) is 2.94. The number of carbonyl (C=O) groups excluding carboxylic acids is 1. The van der Waals surface area contributed by atoms with Crippen molar-refractivity contribution < 1.29 is 19.7 Å². The first-order chi connectivity index (χ1) is 16.6. The van der Waals surface area contributed by atoms with E-state index in [0.717, 1.165) is 16.7 Å². The van der Waals surface area contributed by atoms with Crippen molar-refractivity contribution in [3.8, 4) is 11.5 Å². The number of anilines is 1. The van der Waals surface area contributed by atoms with Crippen molar-refractivity contribution in [2.75, 3.05) is 11.5 Å². The number of para-hydroxylation sites is 1. The van der Waals surface area contributed by atoms with Crippen molar-refractivity contribution in [2.24, 2.45) is 0 Å². The zero-order chi connectivity index (χ0) is 23.3. The van der Waals surface area contributed by atoms with E-state index in [0.29, 0.717) is 30.0 Å². The second-order valence-corrected chi connectivity index (χ2v) is 8.70. The number of phenolic OH excluding ortho intramolecular Hbond substituents is 1. The van der Waals surface area contributed by atoms with Crippen LogP contribution < -0.4 is 9.64 Å². The molecule has 2 heterocycles. The van der Waals surface area contributed by atoms with Crippen LogP contribution in [-0.4, -0.2) is 22.7 Å². The normalized spacial score (nSPS) is 18.6. The average molecular weight is 450 g/mol. The van der Waals surface area contributed by atoms with Gasteiger partial charge in [-0.3, -0.25) is 9.69 Å². The third-order valence-electron chi connectivity index (χ3n) is 6.77. The molecule has 1 amide bonds. The van der Waals surface area contributed by atoms with Crippen LogP contribution in [0.4, 0.5) is 5.69 Å². The highest BCUT2D eigenvalue weighted by Crippen LogP contribution is 2.51. The first kappa shape index (κ1) is 20.5. The molecule has 4 aromatic rings. The molecule has 5 heteroatoms. The van der Waals surface area contributed by atoms with E-state index in [1.807, 2.05) is 72.8 Å². The van der Waals surface area contributed by atoms with Crippen molar-refractivity contribution in [1.82, 2.24) is 0 Å². The summed E-state index contributed by atoms with van der Waals surface area (Å²) in [7, 11) is 0. The maximum absolute atomic E-state index is 14.2. The lowest BCUT2D eigenvalue weighted by atomic mass is 9.86. The highest BCUT2D eigenvalue weighted by Gasteiger charge is 2.54. The Morgan fingerprint density at radius 1 is 0.824 bits per heavy atom. The second kappa shape index (κ2) is 7.75. The number of phenols is 1. The van der Waals surface area contributed by atoms with Gasteiger partial charge in [0.15, 0.2) is 0 Å². The molecule has 0 fully saturated rings. The number of hydrogen-bond donors (Lipinski definition) is 2. The molecule has 6 rings (SSSR count). The molecule has 0 bridgehead atoms. The third-order valence-corrected chi connectivity index (χ3v) is 6.77. The van der Waals surface area contributed by atoms with Gasteiger partial charge >= 0.3 is 0 Å². The van der Waals surface area contributed by atoms with Gasteiger partial charge in [0.1, 0.15) is 11.5 Å². The molecule has 5 nitrogen and oxygen atoms in total. The lowest BCUT2D eigenvalue weighted by Gasteiger charge is -2.31. The van der Waals surface area contributed by atoms with Gasteiger partial charge in [-0.15, -0.1) is 0 Å². The topological polar surface area (TPSA) is 70.0 Å². The molecule has 0 aromatic heterocycles. The molecule has 2 aliphatic rings. The lowest BCUT2D eigenvalue weighted by molar-refractivity contribution is -0.132. The van der Waals surface area contributed by atoms with Gasteiger partial charge in [0.05, 0.1) is 18.3 Å². The van der Waals surface area contributed by atoms with Crippen LogP contribution >= 0.6 is 0 Å². The molecule has 0 aliphatic carbocycles. The number of aromatic hydroxyl groups is 1. The minimum absolute atomic E-state index is 0.118. The summed E-state index contributed by atoms with van der Waals surface area (Å²) in [5.41, 5.74) is 1.83. The van der Waals surface area contributed by atoms with E-state index in [1.165, 1.54) is 0 Å². The average Bonchev–Trinajstić information content (AvgIpc) is 3.42. The van der Waals surface area contributed by atoms with Gasteiger partial charge in [-0.1, -0.05) is 78.9 Å².